The van der Waals surface area contributed by atoms with Gasteiger partial charge in [0, 0.05) is 28.9 Å². The number of anilines is 1. The van der Waals surface area contributed by atoms with Gasteiger partial charge in [0.05, 0.1) is 22.9 Å². The molecule has 1 aromatic rings. The zero-order valence-corrected chi connectivity index (χ0v) is 29.7. The molecule has 4 bridgehead atoms. The summed E-state index contributed by atoms with van der Waals surface area (Å²) < 4.78 is 0. The number of ketones is 3. The Morgan fingerprint density at radius 1 is 0.980 bits per heavy atom. The van der Waals surface area contributed by atoms with Gasteiger partial charge < -0.3 is 30.8 Å². The lowest BCUT2D eigenvalue weighted by atomic mass is 9.41. The zero-order chi connectivity index (χ0) is 36.0. The normalized spacial score (nSPS) is 41.6. The predicted molar refractivity (Wildman–Crippen MR) is 186 cm³/mol. The van der Waals surface area contributed by atoms with Crippen LogP contribution >= 0.6 is 0 Å². The molecular weight excluding hydrogens is 634 g/mol. The number of phenols is 1. The van der Waals surface area contributed by atoms with E-state index in [4.69, 9.17) is 0 Å². The molecule has 266 valence electrons. The molecule has 4 fully saturated rings. The topological polar surface area (TPSA) is 164 Å². The molecule has 9 rings (SSSR count). The van der Waals surface area contributed by atoms with Crippen LogP contribution in [0.3, 0.4) is 0 Å². The second kappa shape index (κ2) is 10.7. The second-order valence-corrected chi connectivity index (χ2v) is 17.4. The molecule has 6 N–H and O–H groups in total. The van der Waals surface area contributed by atoms with Crippen LogP contribution in [-0.4, -0.2) is 54.6 Å². The lowest BCUT2D eigenvalue weighted by Crippen LogP contribution is -2.73. The van der Waals surface area contributed by atoms with Crippen LogP contribution in [0.2, 0.25) is 0 Å². The minimum atomic E-state index is -2.91. The first-order valence-electron chi connectivity index (χ1n) is 18.4. The lowest BCUT2D eigenvalue weighted by Gasteiger charge is -2.63. The Kier molecular flexibility index (Phi) is 7.14. The molecule has 1 unspecified atom stereocenters. The maximum atomic E-state index is 14.6. The van der Waals surface area contributed by atoms with Crippen LogP contribution in [0.25, 0.3) is 0 Å². The van der Waals surface area contributed by atoms with Gasteiger partial charge in [-0.2, -0.15) is 0 Å². The first-order valence-corrected chi connectivity index (χ1v) is 18.4. The monoisotopic (exact) mass is 683 g/mol. The average molecular weight is 684 g/mol. The molecule has 0 spiro atoms. The maximum Gasteiger partial charge on any atom is 0.209 e. The number of aliphatic hydroxyl groups is 4. The summed E-state index contributed by atoms with van der Waals surface area (Å²) >= 11 is 0. The first-order chi connectivity index (χ1) is 23.5. The van der Waals surface area contributed by atoms with Gasteiger partial charge in [-0.3, -0.25) is 14.4 Å². The Morgan fingerprint density at radius 2 is 1.60 bits per heavy atom. The van der Waals surface area contributed by atoms with Gasteiger partial charge in [-0.1, -0.05) is 46.8 Å². The van der Waals surface area contributed by atoms with Crippen LogP contribution in [0.5, 0.6) is 5.75 Å². The molecule has 9 heteroatoms. The Labute approximate surface area is 292 Å². The summed E-state index contributed by atoms with van der Waals surface area (Å²) in [5, 5.41) is 63.3. The molecule has 0 aromatic heterocycles. The molecule has 6 atom stereocenters. The SMILES string of the molecule is CC(=O)C1=C(O)C(C(C)C)[C@@]2(C)[C@H](O)[C@]3(C)C(=C(O)[C@@]2(O)C1=O)C(=O)c1c(ccc(NC2=CC(C4C5CC6CC(C5)CC4C6)=CC2)c1O)[C@H]3C. The van der Waals surface area contributed by atoms with Gasteiger partial charge in [0.1, 0.15) is 22.8 Å². The van der Waals surface area contributed by atoms with E-state index in [1.165, 1.54) is 44.6 Å². The molecule has 0 amide bonds. The molecule has 50 heavy (non-hydrogen) atoms. The number of benzene rings is 1. The van der Waals surface area contributed by atoms with Crippen LogP contribution in [-0.2, 0) is 9.59 Å². The highest BCUT2D eigenvalue weighted by Gasteiger charge is 2.76. The Bertz CT molecular complexity index is 1870. The largest absolute Gasteiger partial charge is 0.511 e. The number of aromatic hydroxyl groups is 1. The van der Waals surface area contributed by atoms with Crippen molar-refractivity contribution in [2.45, 2.75) is 97.7 Å². The van der Waals surface area contributed by atoms with Gasteiger partial charge in [-0.05, 0) is 104 Å². The third-order valence-electron chi connectivity index (χ3n) is 14.6. The summed E-state index contributed by atoms with van der Waals surface area (Å²) in [5.74, 6) is -3.23. The number of nitrogens with one attached hydrogen (secondary N) is 1. The van der Waals surface area contributed by atoms with E-state index in [1.807, 2.05) is 0 Å². The van der Waals surface area contributed by atoms with Gasteiger partial charge in [0.15, 0.2) is 17.2 Å². The van der Waals surface area contributed by atoms with Crippen LogP contribution < -0.4 is 5.32 Å². The van der Waals surface area contributed by atoms with E-state index in [9.17, 15) is 39.9 Å². The quantitative estimate of drug-likeness (QED) is 0.149. The molecular formula is C41H49NO8. The van der Waals surface area contributed by atoms with E-state index in [-0.39, 0.29) is 16.9 Å². The smallest absolute Gasteiger partial charge is 0.209 e. The number of fused-ring (bicyclic) bond motifs is 3. The standard InChI is InChI=1S/C41H49NO8/c1-17(2)31-34(45)28(19(4)43)36(47)41(50)37(48)32-35(46)30-26(18(3)39(32,5)38(49)40(31,41)6)9-10-27(33(30)44)42-25-8-7-22(16-25)29-23-12-20-11-21(14-23)15-24(29)13-20/h7,9-10,16-18,20-21,23-24,29,31,38,42,44-45,48-50H,8,11-15H2,1-6H3/t18-,20?,21?,23?,24?,29?,31?,38-,39+,40+,41+/m1/s1. The third kappa shape index (κ3) is 3.94. The van der Waals surface area contributed by atoms with Gasteiger partial charge in [-0.25, -0.2) is 0 Å². The fraction of sp³-hybridized carbons (Fsp3) is 0.585. The zero-order valence-electron chi connectivity index (χ0n) is 29.7. The van der Waals surface area contributed by atoms with E-state index in [0.29, 0.717) is 23.6 Å². The molecule has 0 saturated heterocycles. The van der Waals surface area contributed by atoms with Crippen molar-refractivity contribution in [3.8, 4) is 5.75 Å². The number of carbonyl (C=O) groups excluding carboxylic acids is 3. The van der Waals surface area contributed by atoms with E-state index in [0.717, 1.165) is 36.3 Å². The average Bonchev–Trinajstić information content (AvgIpc) is 3.49. The summed E-state index contributed by atoms with van der Waals surface area (Å²) in [7, 11) is 0. The molecule has 0 aliphatic heterocycles. The van der Waals surface area contributed by atoms with Crippen molar-refractivity contribution < 1.29 is 39.9 Å². The van der Waals surface area contributed by atoms with E-state index in [1.54, 1.807) is 39.8 Å². The summed E-state index contributed by atoms with van der Waals surface area (Å²) in [5.41, 5.74) is -4.47. The number of phenolic OH excluding ortho intramolecular Hbond substituents is 1. The summed E-state index contributed by atoms with van der Waals surface area (Å²) in [6.45, 7) is 9.33. The van der Waals surface area contributed by atoms with Crippen LogP contribution in [0, 0.1) is 52.3 Å². The fourth-order valence-corrected chi connectivity index (χ4v) is 12.6. The van der Waals surface area contributed by atoms with Gasteiger partial charge in [-0.15, -0.1) is 0 Å². The highest BCUT2D eigenvalue weighted by atomic mass is 16.4. The van der Waals surface area contributed by atoms with Gasteiger partial charge in [0.25, 0.3) is 0 Å². The van der Waals surface area contributed by atoms with Crippen LogP contribution in [0.1, 0.15) is 102 Å². The molecule has 1 aromatic carbocycles. The van der Waals surface area contributed by atoms with Gasteiger partial charge in [0.2, 0.25) is 5.78 Å². The Hall–Kier alpha value is -3.69. The molecule has 4 saturated carbocycles. The minimum absolute atomic E-state index is 0.0809. The number of Topliss-reactive ketones (excluding diaryl/α,β-unsaturated/α-hetero) is 3. The van der Waals surface area contributed by atoms with Crippen molar-refractivity contribution in [3.05, 3.63) is 69.3 Å². The molecule has 0 heterocycles. The lowest BCUT2D eigenvalue weighted by molar-refractivity contribution is -0.211. The van der Waals surface area contributed by atoms with E-state index >= 15 is 0 Å². The van der Waals surface area contributed by atoms with Crippen molar-refractivity contribution >= 4 is 23.0 Å². The third-order valence-corrected chi connectivity index (χ3v) is 14.6. The van der Waals surface area contributed by atoms with Crippen molar-refractivity contribution in [2.24, 2.45) is 52.3 Å². The molecule has 0 radical (unpaired) electrons. The molecule has 8 aliphatic rings. The number of carbonyl (C=O) groups is 3. The van der Waals surface area contributed by atoms with Crippen molar-refractivity contribution in [1.82, 2.24) is 0 Å². The van der Waals surface area contributed by atoms with E-state index < -0.39 is 74.7 Å². The number of hydrogen-bond acceptors (Lipinski definition) is 9. The summed E-state index contributed by atoms with van der Waals surface area (Å²) in [4.78, 5) is 41.3. The number of rotatable bonds is 5. The minimum Gasteiger partial charge on any atom is -0.511 e. The molecule has 8 aliphatic carbocycles. The Morgan fingerprint density at radius 3 is 2.18 bits per heavy atom. The number of allylic oxidation sites excluding steroid dienone is 4. The van der Waals surface area contributed by atoms with Gasteiger partial charge >= 0.3 is 0 Å². The van der Waals surface area contributed by atoms with Crippen LogP contribution in [0.15, 0.2) is 58.2 Å². The summed E-state index contributed by atoms with van der Waals surface area (Å²) in [6, 6.07) is 3.47. The van der Waals surface area contributed by atoms with Crippen molar-refractivity contribution in [2.75, 3.05) is 5.32 Å². The maximum absolute atomic E-state index is 14.6. The predicted octanol–water partition coefficient (Wildman–Crippen LogP) is 6.58. The number of aliphatic hydroxyl groups excluding tert-OH is 3. The van der Waals surface area contributed by atoms with Crippen molar-refractivity contribution in [3.63, 3.8) is 0 Å². The summed E-state index contributed by atoms with van der Waals surface area (Å²) in [6.07, 6.45) is 10.2. The fourth-order valence-electron chi connectivity index (χ4n) is 12.6. The molecule has 9 nitrogen and oxygen atoms in total. The highest BCUT2D eigenvalue weighted by molar-refractivity contribution is 6.25. The van der Waals surface area contributed by atoms with E-state index in [2.05, 4.69) is 17.5 Å². The second-order valence-electron chi connectivity index (χ2n) is 17.4. The first kappa shape index (κ1) is 33.5. The van der Waals surface area contributed by atoms with Crippen molar-refractivity contribution in [1.29, 1.82) is 0 Å². The van der Waals surface area contributed by atoms with Crippen LogP contribution in [0.4, 0.5) is 5.69 Å². The number of hydrogen-bond donors (Lipinski definition) is 6. The highest BCUT2D eigenvalue weighted by Crippen LogP contribution is 2.68. The Balaban J connectivity index is 1.19.